The molecule has 3 rings (SSSR count). The number of nitrogens with one attached hydrogen (secondary N) is 1. The van der Waals surface area contributed by atoms with E-state index in [1.54, 1.807) is 13.8 Å². The first kappa shape index (κ1) is 40.7. The number of rotatable bonds is 6. The third-order valence-electron chi connectivity index (χ3n) is 6.34. The fourth-order valence-electron chi connectivity index (χ4n) is 4.69. The zero-order valence-corrected chi connectivity index (χ0v) is 27.2. The van der Waals surface area contributed by atoms with Gasteiger partial charge in [-0.15, -0.1) is 0 Å². The summed E-state index contributed by atoms with van der Waals surface area (Å²) >= 11 is 3.61. The summed E-state index contributed by atoms with van der Waals surface area (Å²) < 4.78 is 123. The second-order valence-electron chi connectivity index (χ2n) is 9.63. The summed E-state index contributed by atoms with van der Waals surface area (Å²) in [5.41, 5.74) is 11.2. The molecule has 6 nitrogen and oxygen atoms in total. The highest BCUT2D eigenvalue weighted by molar-refractivity contribution is 9.11. The Hall–Kier alpha value is -3.36. The summed E-state index contributed by atoms with van der Waals surface area (Å²) in [6.45, 7) is 3.39. The highest BCUT2D eigenvalue weighted by Crippen LogP contribution is 2.70. The van der Waals surface area contributed by atoms with E-state index in [0.717, 1.165) is 61.7 Å². The van der Waals surface area contributed by atoms with Gasteiger partial charge in [0.05, 0.1) is 16.7 Å². The minimum atomic E-state index is -4.78. The molecule has 1 unspecified atom stereocenters. The minimum absolute atomic E-state index is 0.00815. The van der Waals surface area contributed by atoms with Crippen LogP contribution in [-0.2, 0) is 18.5 Å². The summed E-state index contributed by atoms with van der Waals surface area (Å²) in [5.74, 6) is -0.562. The van der Waals surface area contributed by atoms with Crippen molar-refractivity contribution < 1.29 is 44.6 Å². The number of guanidine groups is 2. The van der Waals surface area contributed by atoms with Crippen LogP contribution in [0.15, 0.2) is 77.8 Å². The van der Waals surface area contributed by atoms with Gasteiger partial charge in [-0.05, 0) is 83.9 Å². The summed E-state index contributed by atoms with van der Waals surface area (Å²) in [6.07, 6.45) is -13.6. The van der Waals surface area contributed by atoms with Crippen molar-refractivity contribution in [2.45, 2.75) is 49.3 Å². The molecule has 0 aliphatic carbocycles. The van der Waals surface area contributed by atoms with Crippen molar-refractivity contribution in [3.05, 3.63) is 89.5 Å². The number of hydrogen-bond donors (Lipinski definition) is 5. The quantitative estimate of drug-likeness (QED) is 0.0630. The van der Waals surface area contributed by atoms with Gasteiger partial charge in [-0.2, -0.15) is 44.5 Å². The number of aliphatic hydroxyl groups is 1. The van der Waals surface area contributed by atoms with Crippen molar-refractivity contribution in [3.8, 4) is 0 Å². The third kappa shape index (κ3) is 10.1. The maximum Gasteiger partial charge on any atom is 0.416 e. The highest BCUT2D eigenvalue weighted by Gasteiger charge is 2.60. The molecule has 0 saturated heterocycles. The lowest BCUT2D eigenvalue weighted by Crippen LogP contribution is -2.43. The number of hydrogen-bond acceptors (Lipinski definition) is 2. The van der Waals surface area contributed by atoms with Gasteiger partial charge in [0.15, 0.2) is 5.96 Å². The van der Waals surface area contributed by atoms with Crippen LogP contribution < -0.4 is 33.1 Å². The van der Waals surface area contributed by atoms with Crippen molar-refractivity contribution in [1.82, 2.24) is 0 Å². The molecule has 46 heavy (non-hydrogen) atoms. The van der Waals surface area contributed by atoms with E-state index in [1.807, 2.05) is 0 Å². The smallest absolute Gasteiger partial charge is 0.400 e. The molecule has 17 heteroatoms. The van der Waals surface area contributed by atoms with Crippen LogP contribution in [0.3, 0.4) is 0 Å². The monoisotopic (exact) mass is 748 g/mol. The number of aliphatic hydroxyl groups excluding tert-OH is 1. The lowest BCUT2D eigenvalue weighted by molar-refractivity contribution is -0.138. The van der Waals surface area contributed by atoms with Gasteiger partial charge in [0.2, 0.25) is 5.96 Å². The first-order valence-electron chi connectivity index (χ1n) is 13.1. The molecule has 8 N–H and O–H groups in total. The molecule has 254 valence electrons. The van der Waals surface area contributed by atoms with Gasteiger partial charge in [-0.25, -0.2) is 0 Å². The molecule has 0 aromatic heterocycles. The van der Waals surface area contributed by atoms with Gasteiger partial charge in [-0.1, -0.05) is 31.5 Å². The Kier molecular flexibility index (Phi) is 14.1. The maximum atomic E-state index is 13.7. The molecule has 0 spiro atoms. The zero-order valence-electron chi connectivity index (χ0n) is 24.7. The average Bonchev–Trinajstić information content (AvgIpc) is 2.93. The first-order chi connectivity index (χ1) is 21.1. The molecule has 0 bridgehead atoms. The van der Waals surface area contributed by atoms with Crippen molar-refractivity contribution in [2.24, 2.45) is 22.2 Å². The molecule has 0 fully saturated rings. The van der Waals surface area contributed by atoms with Gasteiger partial charge < -0.3 is 22.3 Å². The largest absolute Gasteiger partial charge is 0.416 e. The van der Waals surface area contributed by atoms with E-state index in [0.29, 0.717) is 6.42 Å². The van der Waals surface area contributed by atoms with Crippen molar-refractivity contribution in [1.29, 1.82) is 5.41 Å². The van der Waals surface area contributed by atoms with Gasteiger partial charge in [0.25, 0.3) is 0 Å². The van der Waals surface area contributed by atoms with Crippen molar-refractivity contribution >= 4 is 51.0 Å². The Morgan fingerprint density at radius 2 is 1.02 bits per heavy atom. The van der Waals surface area contributed by atoms with Gasteiger partial charge in [0.1, 0.15) is 27.2 Å². The Morgan fingerprint density at radius 1 is 0.717 bits per heavy atom. The molecule has 0 aliphatic rings. The fourth-order valence-corrected chi connectivity index (χ4v) is 11.9. The normalized spacial score (nSPS) is 13.3. The van der Waals surface area contributed by atoms with Crippen molar-refractivity contribution in [3.63, 3.8) is 0 Å². The first-order valence-corrected chi connectivity index (χ1v) is 15.7. The second kappa shape index (κ2) is 16.0. The van der Waals surface area contributed by atoms with Crippen LogP contribution in [-0.4, -0.2) is 28.2 Å². The van der Waals surface area contributed by atoms with Gasteiger partial charge in [0, 0.05) is 7.11 Å². The maximum absolute atomic E-state index is 13.7. The zero-order chi connectivity index (χ0) is 35.7. The number of nitrogens with two attached hydrogens (primary N) is 3. The molecule has 1 atom stereocenters. The molecule has 0 radical (unpaired) electrons. The van der Waals surface area contributed by atoms with Crippen LogP contribution in [0, 0.1) is 5.41 Å². The number of halogens is 10. The molecular weight excluding hydrogens is 716 g/mol. The molecule has 0 amide bonds. The Balaban J connectivity index is 0.00000104. The SMILES string of the molecule is CCCC(C)(Br)[P+](c1cccc(C(F)(F)F)c1)(c1cccc(C(F)(F)F)c1)c1cccc(C(F)(F)F)c1.CO.N=C(N)N=C(N)N. The van der Waals surface area contributed by atoms with Gasteiger partial charge >= 0.3 is 18.5 Å². The fraction of sp³-hybridized carbons (Fsp3) is 0.310. The van der Waals surface area contributed by atoms with E-state index in [2.05, 4.69) is 20.9 Å². The lowest BCUT2D eigenvalue weighted by Gasteiger charge is -2.39. The number of aliphatic imine (C=N–C) groups is 1. The van der Waals surface area contributed by atoms with E-state index < -0.39 is 46.5 Å². The van der Waals surface area contributed by atoms with Crippen LogP contribution in [0.1, 0.15) is 43.4 Å². The Bertz CT molecular complexity index is 1350. The highest BCUT2D eigenvalue weighted by atomic mass is 79.9. The minimum Gasteiger partial charge on any atom is -0.400 e. The molecule has 3 aromatic rings. The molecule has 0 aliphatic heterocycles. The number of benzene rings is 3. The van der Waals surface area contributed by atoms with Crippen LogP contribution in [0.25, 0.3) is 0 Å². The number of nitrogens with zero attached hydrogens (tertiary/aromatic N) is 1. The Labute approximate surface area is 268 Å². The van der Waals surface area contributed by atoms with Crippen LogP contribution >= 0.6 is 23.2 Å². The van der Waals surface area contributed by atoms with Crippen LogP contribution in [0.5, 0.6) is 0 Å². The second-order valence-corrected chi connectivity index (χ2v) is 15.9. The molecular formula is C29H33BrF9N5OP+. The average molecular weight is 749 g/mol. The van der Waals surface area contributed by atoms with Crippen LogP contribution in [0.4, 0.5) is 39.5 Å². The van der Waals surface area contributed by atoms with E-state index in [9.17, 15) is 39.5 Å². The van der Waals surface area contributed by atoms with Crippen molar-refractivity contribution in [2.75, 3.05) is 7.11 Å². The van der Waals surface area contributed by atoms with E-state index in [4.69, 9.17) is 27.7 Å². The predicted octanol–water partition coefficient (Wildman–Crippen LogP) is 6.71. The summed E-state index contributed by atoms with van der Waals surface area (Å²) in [7, 11) is -2.65. The van der Waals surface area contributed by atoms with Crippen LogP contribution in [0.2, 0.25) is 0 Å². The lowest BCUT2D eigenvalue weighted by atomic mass is 10.2. The standard InChI is InChI=1S/C26H22BrF9P.C2H7N5.CH4O/c1-3-13-23(2,27)37(20-10-4-7-17(14-20)24(28,29)30,21-11-5-8-18(15-21)25(31,32)33)22-12-6-9-19(16-22)26(34,35)36;3-1(4)7-2(5)6;1-2/h4-12,14-16H,3,13H2,1-2H3;(H7,3,4,5,6,7);2H,1H3/q+1;;. The van der Waals surface area contributed by atoms with E-state index in [-0.39, 0.29) is 34.3 Å². The third-order valence-corrected chi connectivity index (χ3v) is 13.1. The molecule has 0 heterocycles. The molecule has 0 saturated carbocycles. The van der Waals surface area contributed by atoms with E-state index in [1.165, 1.54) is 18.2 Å². The van der Waals surface area contributed by atoms with E-state index >= 15 is 0 Å². The topological polar surface area (TPSA) is 134 Å². The molecule has 3 aromatic carbocycles. The summed E-state index contributed by atoms with van der Waals surface area (Å²) in [6, 6.07) is 12.4. The van der Waals surface area contributed by atoms with Gasteiger partial charge in [-0.3, -0.25) is 5.41 Å². The number of alkyl halides is 10. The summed E-state index contributed by atoms with van der Waals surface area (Å²) in [5, 5.41) is 13.5. The Morgan fingerprint density at radius 3 is 1.22 bits per heavy atom. The summed E-state index contributed by atoms with van der Waals surface area (Å²) in [4.78, 5) is 3.11. The predicted molar refractivity (Wildman–Crippen MR) is 168 cm³/mol.